The van der Waals surface area contributed by atoms with Crippen LogP contribution in [0.1, 0.15) is 16.7 Å². The van der Waals surface area contributed by atoms with Crippen LogP contribution in [0.3, 0.4) is 0 Å². The zero-order valence-electron chi connectivity index (χ0n) is 18.1. The SMILES string of the molecule is COc1ccccc1/C=N/N(Cc1ccccc1)c1cnn(Cc2ccccc2)c(=O)c1Cl. The molecule has 4 rings (SSSR count). The molecule has 0 aliphatic heterocycles. The van der Waals surface area contributed by atoms with E-state index in [2.05, 4.69) is 10.2 Å². The summed E-state index contributed by atoms with van der Waals surface area (Å²) in [6.45, 7) is 0.749. The van der Waals surface area contributed by atoms with Crippen molar-refractivity contribution in [3.63, 3.8) is 0 Å². The van der Waals surface area contributed by atoms with Crippen LogP contribution in [0.2, 0.25) is 5.02 Å². The van der Waals surface area contributed by atoms with E-state index in [-0.39, 0.29) is 10.6 Å². The molecule has 0 unspecified atom stereocenters. The molecule has 0 fully saturated rings. The van der Waals surface area contributed by atoms with Gasteiger partial charge >= 0.3 is 0 Å². The van der Waals surface area contributed by atoms with Crippen LogP contribution in [0.5, 0.6) is 5.75 Å². The van der Waals surface area contributed by atoms with Crippen LogP contribution in [-0.4, -0.2) is 23.1 Å². The van der Waals surface area contributed by atoms with E-state index in [0.29, 0.717) is 24.5 Å². The first-order chi connectivity index (χ1) is 16.2. The van der Waals surface area contributed by atoms with E-state index >= 15 is 0 Å². The topological polar surface area (TPSA) is 59.7 Å². The van der Waals surface area contributed by atoms with Crippen LogP contribution < -0.4 is 15.3 Å². The number of hydrogen-bond acceptors (Lipinski definition) is 5. The summed E-state index contributed by atoms with van der Waals surface area (Å²) < 4.78 is 6.77. The van der Waals surface area contributed by atoms with E-state index in [1.807, 2.05) is 84.9 Å². The molecule has 0 saturated carbocycles. The lowest BCUT2D eigenvalue weighted by Gasteiger charge is -2.20. The molecule has 0 radical (unpaired) electrons. The number of benzene rings is 3. The first-order valence-electron chi connectivity index (χ1n) is 10.4. The third kappa shape index (κ3) is 5.48. The number of hydrazone groups is 1. The summed E-state index contributed by atoms with van der Waals surface area (Å²) in [4.78, 5) is 13.0. The van der Waals surface area contributed by atoms with Gasteiger partial charge in [0.25, 0.3) is 5.56 Å². The number of hydrogen-bond donors (Lipinski definition) is 0. The second kappa shape index (κ2) is 10.6. The third-order valence-electron chi connectivity index (χ3n) is 5.07. The Hall–Kier alpha value is -3.90. The number of anilines is 1. The molecule has 0 aliphatic carbocycles. The molecule has 4 aromatic rings. The highest BCUT2D eigenvalue weighted by Gasteiger charge is 2.16. The highest BCUT2D eigenvalue weighted by atomic mass is 35.5. The van der Waals surface area contributed by atoms with Crippen molar-refractivity contribution in [2.45, 2.75) is 13.1 Å². The lowest BCUT2D eigenvalue weighted by molar-refractivity contribution is 0.414. The zero-order chi connectivity index (χ0) is 23.0. The van der Waals surface area contributed by atoms with Gasteiger partial charge in [0.05, 0.1) is 32.6 Å². The van der Waals surface area contributed by atoms with Crippen molar-refractivity contribution >= 4 is 23.5 Å². The Labute approximate surface area is 197 Å². The van der Waals surface area contributed by atoms with Crippen LogP contribution in [0.4, 0.5) is 5.69 Å². The fourth-order valence-corrected chi connectivity index (χ4v) is 3.60. The van der Waals surface area contributed by atoms with Gasteiger partial charge in [-0.25, -0.2) is 4.68 Å². The molecule has 33 heavy (non-hydrogen) atoms. The molecule has 166 valence electrons. The van der Waals surface area contributed by atoms with E-state index in [9.17, 15) is 4.79 Å². The molecular formula is C26H23ClN4O2. The maximum Gasteiger partial charge on any atom is 0.288 e. The molecule has 3 aromatic carbocycles. The van der Waals surface area contributed by atoms with Crippen LogP contribution in [0.25, 0.3) is 0 Å². The summed E-state index contributed by atoms with van der Waals surface area (Å²) in [6, 6.07) is 27.1. The van der Waals surface area contributed by atoms with Gasteiger partial charge < -0.3 is 4.74 Å². The predicted octanol–water partition coefficient (Wildman–Crippen LogP) is 4.99. The molecule has 0 saturated heterocycles. The third-order valence-corrected chi connectivity index (χ3v) is 5.43. The molecular weight excluding hydrogens is 436 g/mol. The van der Waals surface area contributed by atoms with Gasteiger partial charge in [-0.05, 0) is 23.3 Å². The maximum atomic E-state index is 13.0. The number of halogens is 1. The van der Waals surface area contributed by atoms with Crippen molar-refractivity contribution in [3.8, 4) is 5.75 Å². The number of aromatic nitrogens is 2. The summed E-state index contributed by atoms with van der Waals surface area (Å²) >= 11 is 6.55. The largest absolute Gasteiger partial charge is 0.496 e. The van der Waals surface area contributed by atoms with Gasteiger partial charge in [-0.15, -0.1) is 0 Å². The lowest BCUT2D eigenvalue weighted by Crippen LogP contribution is -2.27. The Bertz CT molecular complexity index is 1290. The minimum absolute atomic E-state index is 0.0639. The standard InChI is InChI=1S/C26H23ClN4O2/c1-33-24-15-9-8-14-22(24)16-28-30(18-20-10-4-2-5-11-20)23-17-29-31(26(32)25(23)27)19-21-12-6-3-7-13-21/h2-17H,18-19H2,1H3/b28-16+. The van der Waals surface area contributed by atoms with Crippen molar-refractivity contribution < 1.29 is 4.74 Å². The van der Waals surface area contributed by atoms with Gasteiger partial charge in [-0.2, -0.15) is 10.2 Å². The second-order valence-electron chi connectivity index (χ2n) is 7.32. The molecule has 0 N–H and O–H groups in total. The molecule has 0 aliphatic rings. The Morgan fingerprint density at radius 1 is 0.970 bits per heavy atom. The van der Waals surface area contributed by atoms with Crippen molar-refractivity contribution in [2.24, 2.45) is 5.10 Å². The summed E-state index contributed by atoms with van der Waals surface area (Å²) in [5.41, 5.74) is 2.84. The minimum Gasteiger partial charge on any atom is -0.496 e. The minimum atomic E-state index is -0.372. The van der Waals surface area contributed by atoms with Crippen LogP contribution in [-0.2, 0) is 13.1 Å². The van der Waals surface area contributed by atoms with Crippen LogP contribution in [0.15, 0.2) is 101 Å². The lowest BCUT2D eigenvalue weighted by atomic mass is 10.2. The van der Waals surface area contributed by atoms with Gasteiger partial charge in [-0.3, -0.25) is 9.80 Å². The Morgan fingerprint density at radius 3 is 2.30 bits per heavy atom. The van der Waals surface area contributed by atoms with E-state index in [1.54, 1.807) is 24.5 Å². The van der Waals surface area contributed by atoms with Gasteiger partial charge in [0.2, 0.25) is 0 Å². The quantitative estimate of drug-likeness (QED) is 0.275. The Kier molecular flexibility index (Phi) is 7.17. The van der Waals surface area contributed by atoms with E-state index in [4.69, 9.17) is 16.3 Å². The predicted molar refractivity (Wildman–Crippen MR) is 132 cm³/mol. The van der Waals surface area contributed by atoms with Crippen molar-refractivity contribution in [2.75, 3.05) is 12.1 Å². The van der Waals surface area contributed by atoms with Crippen molar-refractivity contribution in [3.05, 3.63) is 123 Å². The van der Waals surface area contributed by atoms with Gasteiger partial charge in [0.1, 0.15) is 16.5 Å². The first kappa shape index (κ1) is 22.3. The number of para-hydroxylation sites is 1. The molecule has 6 nitrogen and oxygen atoms in total. The number of methoxy groups -OCH3 is 1. The van der Waals surface area contributed by atoms with E-state index < -0.39 is 0 Å². The smallest absolute Gasteiger partial charge is 0.288 e. The fraction of sp³-hybridized carbons (Fsp3) is 0.115. The second-order valence-corrected chi connectivity index (χ2v) is 7.70. The zero-order valence-corrected chi connectivity index (χ0v) is 18.9. The van der Waals surface area contributed by atoms with Gasteiger partial charge in [0.15, 0.2) is 0 Å². The Morgan fingerprint density at radius 2 is 1.61 bits per heavy atom. The normalized spacial score (nSPS) is 11.0. The van der Waals surface area contributed by atoms with Gasteiger partial charge in [-0.1, -0.05) is 84.4 Å². The molecule has 0 atom stereocenters. The summed E-state index contributed by atoms with van der Waals surface area (Å²) in [5.74, 6) is 0.698. The molecule has 0 bridgehead atoms. The number of nitrogens with zero attached hydrogens (tertiary/aromatic N) is 4. The van der Waals surface area contributed by atoms with E-state index in [0.717, 1.165) is 16.7 Å². The first-order valence-corrected chi connectivity index (χ1v) is 10.8. The molecule has 0 spiro atoms. The number of rotatable bonds is 8. The van der Waals surface area contributed by atoms with Gasteiger partial charge in [0, 0.05) is 5.56 Å². The molecule has 1 aromatic heterocycles. The van der Waals surface area contributed by atoms with Crippen molar-refractivity contribution in [1.29, 1.82) is 0 Å². The molecule has 0 amide bonds. The fourth-order valence-electron chi connectivity index (χ4n) is 3.35. The van der Waals surface area contributed by atoms with Crippen molar-refractivity contribution in [1.82, 2.24) is 9.78 Å². The monoisotopic (exact) mass is 458 g/mol. The summed E-state index contributed by atoms with van der Waals surface area (Å²) in [5, 5.41) is 10.7. The maximum absolute atomic E-state index is 13.0. The average Bonchev–Trinajstić information content (AvgIpc) is 2.86. The average molecular weight is 459 g/mol. The molecule has 1 heterocycles. The van der Waals surface area contributed by atoms with E-state index in [1.165, 1.54) is 4.68 Å². The highest BCUT2D eigenvalue weighted by molar-refractivity contribution is 6.33. The summed E-state index contributed by atoms with van der Waals surface area (Å²) in [7, 11) is 1.61. The summed E-state index contributed by atoms with van der Waals surface area (Å²) in [6.07, 6.45) is 3.27. The van der Waals surface area contributed by atoms with Crippen LogP contribution >= 0.6 is 11.6 Å². The molecule has 7 heteroatoms. The Balaban J connectivity index is 1.69. The number of ether oxygens (including phenoxy) is 1. The van der Waals surface area contributed by atoms with Crippen LogP contribution in [0, 0.1) is 0 Å². The highest BCUT2D eigenvalue weighted by Crippen LogP contribution is 2.24.